The zero-order valence-corrected chi connectivity index (χ0v) is 14.1. The van der Waals surface area contributed by atoms with Crippen molar-refractivity contribution in [2.75, 3.05) is 19.5 Å². The highest BCUT2D eigenvalue weighted by molar-refractivity contribution is 5.65. The van der Waals surface area contributed by atoms with Crippen molar-refractivity contribution < 1.29 is 9.47 Å². The maximum absolute atomic E-state index is 12.7. The molecular weight excluding hydrogens is 318 g/mol. The largest absolute Gasteiger partial charge is 0.497 e. The second-order valence-electron chi connectivity index (χ2n) is 5.34. The number of ether oxygens (including phenoxy) is 2. The second-order valence-corrected chi connectivity index (χ2v) is 5.34. The number of nitrogens with zero attached hydrogens (tertiary/aromatic N) is 1. The van der Waals surface area contributed by atoms with Gasteiger partial charge in [-0.15, -0.1) is 0 Å². The van der Waals surface area contributed by atoms with E-state index in [1.165, 1.54) is 4.68 Å². The molecule has 3 aromatic rings. The molecule has 3 rings (SSSR count). The first-order valence-electron chi connectivity index (χ1n) is 7.68. The molecular formula is C19H19N3O3. The monoisotopic (exact) mass is 337 g/mol. The van der Waals surface area contributed by atoms with E-state index in [-0.39, 0.29) is 5.56 Å². The standard InChI is InChI=1S/C19H19N3O3/c1-13-16(19(23)22(21-13)14-7-5-4-6-8-14)12-20-17-11-15(24-2)9-10-18(17)25-3/h4-12,20-21H,1H2,2-3H3/b16-12-. The van der Waals surface area contributed by atoms with Gasteiger partial charge in [0.25, 0.3) is 5.56 Å². The minimum absolute atomic E-state index is 0.189. The van der Waals surface area contributed by atoms with E-state index in [9.17, 15) is 4.79 Å². The third-order valence-electron chi connectivity index (χ3n) is 3.80. The first-order chi connectivity index (χ1) is 12.1. The molecule has 0 atom stereocenters. The Balaban J connectivity index is 2.03. The molecule has 0 radical (unpaired) electrons. The van der Waals surface area contributed by atoms with E-state index >= 15 is 0 Å². The van der Waals surface area contributed by atoms with Crippen LogP contribution in [0.1, 0.15) is 0 Å². The number of aromatic nitrogens is 2. The van der Waals surface area contributed by atoms with Crippen molar-refractivity contribution in [2.45, 2.75) is 0 Å². The van der Waals surface area contributed by atoms with E-state index in [1.54, 1.807) is 38.6 Å². The molecule has 2 N–H and O–H groups in total. The highest BCUT2D eigenvalue weighted by Gasteiger charge is 2.06. The third-order valence-corrected chi connectivity index (χ3v) is 3.80. The molecule has 25 heavy (non-hydrogen) atoms. The summed E-state index contributed by atoms with van der Waals surface area (Å²) < 4.78 is 12.0. The lowest BCUT2D eigenvalue weighted by molar-refractivity contribution is 0.405. The molecule has 128 valence electrons. The number of para-hydroxylation sites is 1. The Bertz CT molecular complexity index is 1040. The Morgan fingerprint density at radius 3 is 2.56 bits per heavy atom. The minimum Gasteiger partial charge on any atom is -0.497 e. The van der Waals surface area contributed by atoms with Gasteiger partial charge in [-0.25, -0.2) is 4.68 Å². The average Bonchev–Trinajstić information content (AvgIpc) is 2.94. The topological polar surface area (TPSA) is 68.3 Å². The Labute approximate surface area is 144 Å². The van der Waals surface area contributed by atoms with Crippen LogP contribution in [-0.4, -0.2) is 24.0 Å². The summed E-state index contributed by atoms with van der Waals surface area (Å²) in [4.78, 5) is 12.7. The minimum atomic E-state index is -0.189. The highest BCUT2D eigenvalue weighted by atomic mass is 16.5. The number of nitrogens with one attached hydrogen (secondary N) is 2. The number of methoxy groups -OCH3 is 2. The fourth-order valence-electron chi connectivity index (χ4n) is 2.48. The van der Waals surface area contributed by atoms with Gasteiger partial charge >= 0.3 is 0 Å². The third kappa shape index (κ3) is 3.28. The zero-order valence-electron chi connectivity index (χ0n) is 14.1. The van der Waals surface area contributed by atoms with Crippen LogP contribution in [0.4, 0.5) is 5.69 Å². The van der Waals surface area contributed by atoms with Crippen LogP contribution in [0.2, 0.25) is 0 Å². The van der Waals surface area contributed by atoms with Gasteiger partial charge in [-0.05, 0) is 24.3 Å². The molecule has 0 bridgehead atoms. The maximum Gasteiger partial charge on any atom is 0.280 e. The lowest BCUT2D eigenvalue weighted by atomic mass is 10.2. The fraction of sp³-hybridized carbons (Fsp3) is 0.105. The van der Waals surface area contributed by atoms with E-state index in [1.807, 2.05) is 30.3 Å². The Kier molecular flexibility index (Phi) is 4.61. The summed E-state index contributed by atoms with van der Waals surface area (Å²) in [6.07, 6.45) is 1.61. The predicted molar refractivity (Wildman–Crippen MR) is 98.8 cm³/mol. The number of H-pyrrole nitrogens is 1. The number of hydrogen-bond donors (Lipinski definition) is 2. The van der Waals surface area contributed by atoms with Gasteiger partial charge in [0.15, 0.2) is 0 Å². The van der Waals surface area contributed by atoms with E-state index in [0.717, 1.165) is 5.69 Å². The predicted octanol–water partition coefficient (Wildman–Crippen LogP) is 1.44. The van der Waals surface area contributed by atoms with Gasteiger partial charge in [-0.3, -0.25) is 9.89 Å². The van der Waals surface area contributed by atoms with E-state index in [4.69, 9.17) is 9.47 Å². The summed E-state index contributed by atoms with van der Waals surface area (Å²) in [6, 6.07) is 14.7. The molecule has 0 aliphatic heterocycles. The maximum atomic E-state index is 12.7. The van der Waals surface area contributed by atoms with Crippen LogP contribution >= 0.6 is 0 Å². The molecule has 2 aromatic carbocycles. The quantitative estimate of drug-likeness (QED) is 0.739. The van der Waals surface area contributed by atoms with Gasteiger partial charge in [0, 0.05) is 12.3 Å². The van der Waals surface area contributed by atoms with Gasteiger partial charge in [-0.1, -0.05) is 24.8 Å². The molecule has 1 heterocycles. The highest BCUT2D eigenvalue weighted by Crippen LogP contribution is 2.28. The number of hydrogen-bond acceptors (Lipinski definition) is 4. The summed E-state index contributed by atoms with van der Waals surface area (Å²) in [5.74, 6) is 1.32. The van der Waals surface area contributed by atoms with Crippen LogP contribution in [0.25, 0.3) is 18.5 Å². The Hall–Kier alpha value is -3.41. The fourth-order valence-corrected chi connectivity index (χ4v) is 2.48. The van der Waals surface area contributed by atoms with Crippen molar-refractivity contribution >= 4 is 18.5 Å². The van der Waals surface area contributed by atoms with Crippen LogP contribution in [0.3, 0.4) is 0 Å². The number of anilines is 1. The van der Waals surface area contributed by atoms with Crippen LogP contribution in [0.15, 0.2) is 53.3 Å². The Morgan fingerprint density at radius 1 is 1.12 bits per heavy atom. The average molecular weight is 337 g/mol. The van der Waals surface area contributed by atoms with E-state index in [0.29, 0.717) is 27.8 Å². The molecule has 6 heteroatoms. The molecule has 0 aliphatic carbocycles. The molecule has 0 aliphatic rings. The number of rotatable bonds is 5. The molecule has 0 amide bonds. The summed E-state index contributed by atoms with van der Waals surface area (Å²) in [5, 5.41) is 7.04. The van der Waals surface area contributed by atoms with Crippen molar-refractivity contribution in [3.05, 3.63) is 69.5 Å². The molecule has 0 fully saturated rings. The molecule has 0 saturated carbocycles. The molecule has 0 unspecified atom stereocenters. The van der Waals surface area contributed by atoms with Crippen LogP contribution < -0.4 is 30.9 Å². The van der Waals surface area contributed by atoms with Gasteiger partial charge in [0.1, 0.15) is 11.5 Å². The Morgan fingerprint density at radius 2 is 1.88 bits per heavy atom. The summed E-state index contributed by atoms with van der Waals surface area (Å²) >= 11 is 0. The molecule has 0 saturated heterocycles. The van der Waals surface area contributed by atoms with Gasteiger partial charge < -0.3 is 14.8 Å². The number of benzene rings is 2. The van der Waals surface area contributed by atoms with E-state index < -0.39 is 0 Å². The van der Waals surface area contributed by atoms with Crippen molar-refractivity contribution in [3.8, 4) is 17.2 Å². The first-order valence-corrected chi connectivity index (χ1v) is 7.68. The summed E-state index contributed by atoms with van der Waals surface area (Å²) in [6.45, 7) is 3.91. The van der Waals surface area contributed by atoms with E-state index in [2.05, 4.69) is 17.0 Å². The van der Waals surface area contributed by atoms with Crippen molar-refractivity contribution in [1.82, 2.24) is 9.78 Å². The smallest absolute Gasteiger partial charge is 0.280 e. The van der Waals surface area contributed by atoms with Crippen LogP contribution in [0.5, 0.6) is 11.5 Å². The summed E-state index contributed by atoms with van der Waals surface area (Å²) in [7, 11) is 3.17. The first kappa shape index (κ1) is 16.4. The zero-order chi connectivity index (χ0) is 17.8. The lowest BCUT2D eigenvalue weighted by Gasteiger charge is -2.09. The molecule has 6 nitrogen and oxygen atoms in total. The van der Waals surface area contributed by atoms with Crippen molar-refractivity contribution in [3.63, 3.8) is 0 Å². The summed E-state index contributed by atoms with van der Waals surface area (Å²) in [5.41, 5.74) is 1.25. The number of aromatic amines is 1. The lowest BCUT2D eigenvalue weighted by Crippen LogP contribution is -2.34. The molecule has 1 aromatic heterocycles. The van der Waals surface area contributed by atoms with Gasteiger partial charge in [-0.2, -0.15) is 0 Å². The SMILES string of the molecule is C=c1[nH]n(-c2ccccc2)c(=O)/c1=C\Nc1cc(OC)ccc1OC. The van der Waals surface area contributed by atoms with Crippen molar-refractivity contribution in [2.24, 2.45) is 0 Å². The molecule has 0 spiro atoms. The van der Waals surface area contributed by atoms with Crippen molar-refractivity contribution in [1.29, 1.82) is 0 Å². The van der Waals surface area contributed by atoms with Crippen LogP contribution in [-0.2, 0) is 0 Å². The van der Waals surface area contributed by atoms with Gasteiger partial charge in [0.2, 0.25) is 0 Å². The van der Waals surface area contributed by atoms with Crippen LogP contribution in [0, 0.1) is 0 Å². The van der Waals surface area contributed by atoms with Gasteiger partial charge in [0.05, 0.1) is 36.2 Å². The normalized spacial score (nSPS) is 11.4. The second kappa shape index (κ2) is 7.00.